The number of rotatable bonds is 4. The Bertz CT molecular complexity index is 415. The van der Waals surface area contributed by atoms with E-state index in [1.807, 2.05) is 19.1 Å². The van der Waals surface area contributed by atoms with Crippen LogP contribution in [0, 0.1) is 6.92 Å². The molecule has 1 rings (SSSR count). The van der Waals surface area contributed by atoms with Crippen LogP contribution in [0.25, 0.3) is 0 Å². The monoisotopic (exact) mass is 250 g/mol. The van der Waals surface area contributed by atoms with Crippen molar-refractivity contribution in [3.05, 3.63) is 29.8 Å². The van der Waals surface area contributed by atoms with Gasteiger partial charge < -0.3 is 15.7 Å². The number of aryl methyl sites for hydroxylation is 1. The summed E-state index contributed by atoms with van der Waals surface area (Å²) in [5.41, 5.74) is 1.64. The summed E-state index contributed by atoms with van der Waals surface area (Å²) < 4.78 is 0. The molecular formula is C13H18N2O3. The van der Waals surface area contributed by atoms with Crippen LogP contribution in [0.2, 0.25) is 0 Å². The highest BCUT2D eigenvalue weighted by atomic mass is 16.3. The first-order chi connectivity index (χ1) is 8.52. The van der Waals surface area contributed by atoms with Crippen LogP contribution in [0.1, 0.15) is 18.9 Å². The normalized spacial score (nSPS) is 11.7. The van der Waals surface area contributed by atoms with Crippen molar-refractivity contribution in [2.24, 2.45) is 0 Å². The summed E-state index contributed by atoms with van der Waals surface area (Å²) in [6, 6.07) is 7.13. The summed E-state index contributed by atoms with van der Waals surface area (Å²) in [6.07, 6.45) is -0.0963. The van der Waals surface area contributed by atoms with Gasteiger partial charge in [-0.25, -0.2) is 0 Å². The molecule has 5 heteroatoms. The number of hydrogen-bond acceptors (Lipinski definition) is 3. The van der Waals surface area contributed by atoms with Gasteiger partial charge in [0.2, 0.25) is 0 Å². The Kier molecular flexibility index (Phi) is 5.32. The van der Waals surface area contributed by atoms with E-state index in [0.717, 1.165) is 5.56 Å². The van der Waals surface area contributed by atoms with Gasteiger partial charge in [-0.1, -0.05) is 24.6 Å². The molecule has 0 radical (unpaired) electrons. The summed E-state index contributed by atoms with van der Waals surface area (Å²) in [5, 5.41) is 14.1. The lowest BCUT2D eigenvalue weighted by atomic mass is 10.2. The molecule has 0 spiro atoms. The van der Waals surface area contributed by atoms with E-state index < -0.39 is 17.9 Å². The highest BCUT2D eigenvalue weighted by Crippen LogP contribution is 2.08. The fourth-order valence-electron chi connectivity index (χ4n) is 1.26. The quantitative estimate of drug-likeness (QED) is 0.692. The van der Waals surface area contributed by atoms with Crippen LogP contribution < -0.4 is 10.6 Å². The summed E-state index contributed by atoms with van der Waals surface area (Å²) >= 11 is 0. The molecule has 1 unspecified atom stereocenters. The molecule has 98 valence electrons. The minimum absolute atomic E-state index is 0.0800. The number of amides is 2. The average Bonchev–Trinajstić information content (AvgIpc) is 2.38. The third-order valence-corrected chi connectivity index (χ3v) is 2.49. The number of nitrogens with one attached hydrogen (secondary N) is 2. The first-order valence-corrected chi connectivity index (χ1v) is 5.86. The summed E-state index contributed by atoms with van der Waals surface area (Å²) in [5.74, 6) is -1.48. The highest BCUT2D eigenvalue weighted by Gasteiger charge is 2.14. The molecule has 0 saturated heterocycles. The smallest absolute Gasteiger partial charge is 0.313 e. The van der Waals surface area contributed by atoms with Crippen LogP contribution in [-0.4, -0.2) is 29.6 Å². The summed E-state index contributed by atoms with van der Waals surface area (Å²) in [7, 11) is 0. The lowest BCUT2D eigenvalue weighted by Crippen LogP contribution is -2.39. The molecule has 1 atom stereocenters. The predicted octanol–water partition coefficient (Wildman–Crippen LogP) is 0.821. The fourth-order valence-corrected chi connectivity index (χ4v) is 1.26. The van der Waals surface area contributed by atoms with Gasteiger partial charge in [-0.05, 0) is 25.5 Å². The van der Waals surface area contributed by atoms with Crippen molar-refractivity contribution in [2.45, 2.75) is 26.4 Å². The van der Waals surface area contributed by atoms with Gasteiger partial charge in [-0.2, -0.15) is 0 Å². The first kappa shape index (κ1) is 14.2. The first-order valence-electron chi connectivity index (χ1n) is 5.86. The van der Waals surface area contributed by atoms with Gasteiger partial charge in [0.05, 0.1) is 6.10 Å². The summed E-state index contributed by atoms with van der Waals surface area (Å²) in [6.45, 7) is 3.81. The van der Waals surface area contributed by atoms with Crippen LogP contribution in [0.5, 0.6) is 0 Å². The van der Waals surface area contributed by atoms with Crippen LogP contribution in [-0.2, 0) is 9.59 Å². The predicted molar refractivity (Wildman–Crippen MR) is 69.1 cm³/mol. The molecule has 1 aromatic carbocycles. The van der Waals surface area contributed by atoms with Crippen LogP contribution >= 0.6 is 0 Å². The van der Waals surface area contributed by atoms with Crippen molar-refractivity contribution in [3.63, 3.8) is 0 Å². The second-order valence-electron chi connectivity index (χ2n) is 4.09. The molecule has 0 aromatic heterocycles. The zero-order valence-corrected chi connectivity index (χ0v) is 10.6. The fraction of sp³-hybridized carbons (Fsp3) is 0.385. The molecule has 0 fully saturated rings. The Morgan fingerprint density at radius 2 is 1.83 bits per heavy atom. The largest absolute Gasteiger partial charge is 0.391 e. The third-order valence-electron chi connectivity index (χ3n) is 2.49. The van der Waals surface area contributed by atoms with Crippen molar-refractivity contribution in [2.75, 3.05) is 11.9 Å². The lowest BCUT2D eigenvalue weighted by Gasteiger charge is -2.09. The standard InChI is InChI=1S/C13H18N2O3/c1-3-11(16)8-14-12(17)13(18)15-10-6-4-9(2)5-7-10/h4-7,11,16H,3,8H2,1-2H3,(H,14,17)(H,15,18). The average molecular weight is 250 g/mol. The molecule has 1 aromatic rings. The number of carbonyl (C=O) groups excluding carboxylic acids is 2. The maximum atomic E-state index is 11.5. The van der Waals surface area contributed by atoms with Crippen molar-refractivity contribution < 1.29 is 14.7 Å². The van der Waals surface area contributed by atoms with Gasteiger partial charge in [-0.3, -0.25) is 9.59 Å². The highest BCUT2D eigenvalue weighted by molar-refractivity contribution is 6.39. The number of carbonyl (C=O) groups is 2. The lowest BCUT2D eigenvalue weighted by molar-refractivity contribution is -0.136. The zero-order chi connectivity index (χ0) is 13.5. The minimum Gasteiger partial charge on any atom is -0.391 e. The SMILES string of the molecule is CCC(O)CNC(=O)C(=O)Nc1ccc(C)cc1. The van der Waals surface area contributed by atoms with E-state index in [9.17, 15) is 14.7 Å². The Labute approximate surface area is 106 Å². The van der Waals surface area contributed by atoms with Gasteiger partial charge >= 0.3 is 11.8 Å². The van der Waals surface area contributed by atoms with Crippen molar-refractivity contribution in [1.29, 1.82) is 0 Å². The van der Waals surface area contributed by atoms with Crippen LogP contribution in [0.3, 0.4) is 0 Å². The molecule has 0 heterocycles. The molecule has 18 heavy (non-hydrogen) atoms. The molecule has 0 aliphatic heterocycles. The van der Waals surface area contributed by atoms with E-state index in [4.69, 9.17) is 0 Å². The van der Waals surface area contributed by atoms with Gasteiger partial charge in [0.1, 0.15) is 0 Å². The maximum absolute atomic E-state index is 11.5. The second kappa shape index (κ2) is 6.76. The van der Waals surface area contributed by atoms with Gasteiger partial charge in [-0.15, -0.1) is 0 Å². The number of aliphatic hydroxyl groups is 1. The Balaban J connectivity index is 2.45. The van der Waals surface area contributed by atoms with E-state index in [2.05, 4.69) is 10.6 Å². The topological polar surface area (TPSA) is 78.4 Å². The van der Waals surface area contributed by atoms with Crippen molar-refractivity contribution >= 4 is 17.5 Å². The minimum atomic E-state index is -0.747. The number of hydrogen-bond donors (Lipinski definition) is 3. The van der Waals surface area contributed by atoms with E-state index in [1.165, 1.54) is 0 Å². The zero-order valence-electron chi connectivity index (χ0n) is 10.6. The molecule has 2 amide bonds. The molecule has 5 nitrogen and oxygen atoms in total. The molecular weight excluding hydrogens is 232 g/mol. The molecule has 0 aliphatic rings. The van der Waals surface area contributed by atoms with Gasteiger partial charge in [0.25, 0.3) is 0 Å². The van der Waals surface area contributed by atoms with E-state index >= 15 is 0 Å². The third kappa shape index (κ3) is 4.55. The Morgan fingerprint density at radius 3 is 2.39 bits per heavy atom. The Morgan fingerprint density at radius 1 is 1.22 bits per heavy atom. The maximum Gasteiger partial charge on any atom is 0.313 e. The van der Waals surface area contributed by atoms with Crippen molar-refractivity contribution in [3.8, 4) is 0 Å². The second-order valence-corrected chi connectivity index (χ2v) is 4.09. The van der Waals surface area contributed by atoms with E-state index in [-0.39, 0.29) is 6.54 Å². The Hall–Kier alpha value is -1.88. The van der Waals surface area contributed by atoms with E-state index in [1.54, 1.807) is 19.1 Å². The number of anilines is 1. The molecule has 0 bridgehead atoms. The van der Waals surface area contributed by atoms with E-state index in [0.29, 0.717) is 12.1 Å². The number of aliphatic hydroxyl groups excluding tert-OH is 1. The van der Waals surface area contributed by atoms with Crippen LogP contribution in [0.15, 0.2) is 24.3 Å². The summed E-state index contributed by atoms with van der Waals surface area (Å²) in [4.78, 5) is 22.9. The van der Waals surface area contributed by atoms with Gasteiger partial charge in [0, 0.05) is 12.2 Å². The van der Waals surface area contributed by atoms with Gasteiger partial charge in [0.15, 0.2) is 0 Å². The molecule has 3 N–H and O–H groups in total. The van der Waals surface area contributed by atoms with Crippen molar-refractivity contribution in [1.82, 2.24) is 5.32 Å². The molecule has 0 aliphatic carbocycles. The number of benzene rings is 1. The molecule has 0 saturated carbocycles. The van der Waals surface area contributed by atoms with Crippen LogP contribution in [0.4, 0.5) is 5.69 Å².